The van der Waals surface area contributed by atoms with Crippen LogP contribution in [-0.2, 0) is 0 Å². The van der Waals surface area contributed by atoms with Gasteiger partial charge in [-0.05, 0) is 63.2 Å². The van der Waals surface area contributed by atoms with Gasteiger partial charge in [0.1, 0.15) is 0 Å². The van der Waals surface area contributed by atoms with E-state index in [1.807, 2.05) is 0 Å². The Bertz CT molecular complexity index is 292. The number of allylic oxidation sites excluding steroid dienone is 1. The Kier molecular flexibility index (Phi) is 2.94. The minimum Gasteiger partial charge on any atom is -0.390 e. The second-order valence-corrected chi connectivity index (χ2v) is 6.73. The highest BCUT2D eigenvalue weighted by Crippen LogP contribution is 2.56. The van der Waals surface area contributed by atoms with Crippen LogP contribution in [0.4, 0.5) is 0 Å². The molecule has 0 aromatic rings. The normalized spacial score (nSPS) is 48.5. The van der Waals surface area contributed by atoms with Crippen LogP contribution in [0, 0.1) is 17.3 Å². The van der Waals surface area contributed by atoms with Crippen LogP contribution >= 0.6 is 0 Å². The van der Waals surface area contributed by atoms with Gasteiger partial charge in [0.05, 0.1) is 5.60 Å². The van der Waals surface area contributed by atoms with Crippen LogP contribution in [0.3, 0.4) is 0 Å². The Morgan fingerprint density at radius 3 is 2.56 bits per heavy atom. The zero-order chi connectivity index (χ0) is 12.0. The molecule has 92 valence electrons. The van der Waals surface area contributed by atoms with Gasteiger partial charge in [-0.25, -0.2) is 0 Å². The molecule has 0 amide bonds. The summed E-state index contributed by atoms with van der Waals surface area (Å²) in [6.07, 6.45) is 7.17. The lowest BCUT2D eigenvalue weighted by molar-refractivity contribution is -0.120. The summed E-state index contributed by atoms with van der Waals surface area (Å²) in [6, 6.07) is 0. The van der Waals surface area contributed by atoms with Gasteiger partial charge in [0.15, 0.2) is 0 Å². The molecule has 2 rings (SSSR count). The van der Waals surface area contributed by atoms with E-state index in [1.165, 1.54) is 31.3 Å². The number of hydrogen-bond acceptors (Lipinski definition) is 1. The Morgan fingerprint density at radius 2 is 1.94 bits per heavy atom. The summed E-state index contributed by atoms with van der Waals surface area (Å²) >= 11 is 0. The maximum absolute atomic E-state index is 10.6. The van der Waals surface area contributed by atoms with Crippen molar-refractivity contribution in [3.05, 3.63) is 12.2 Å². The minimum absolute atomic E-state index is 0.383. The lowest BCUT2D eigenvalue weighted by Gasteiger charge is -2.54. The van der Waals surface area contributed by atoms with Gasteiger partial charge in [-0.1, -0.05) is 25.5 Å². The summed E-state index contributed by atoms with van der Waals surface area (Å²) in [7, 11) is 0. The monoisotopic (exact) mass is 222 g/mol. The molecule has 0 aromatic heterocycles. The largest absolute Gasteiger partial charge is 0.390 e. The van der Waals surface area contributed by atoms with Crippen LogP contribution in [0.1, 0.15) is 59.3 Å². The molecule has 0 radical (unpaired) electrons. The summed E-state index contributed by atoms with van der Waals surface area (Å²) in [4.78, 5) is 0. The lowest BCUT2D eigenvalue weighted by atomic mass is 9.53. The molecule has 0 saturated heterocycles. The van der Waals surface area contributed by atoms with Crippen LogP contribution in [0.25, 0.3) is 0 Å². The second kappa shape index (κ2) is 3.87. The van der Waals surface area contributed by atoms with Gasteiger partial charge in [0.25, 0.3) is 0 Å². The molecule has 0 heterocycles. The predicted octanol–water partition coefficient (Wildman–Crippen LogP) is 3.92. The van der Waals surface area contributed by atoms with Crippen molar-refractivity contribution in [2.45, 2.75) is 64.9 Å². The Balaban J connectivity index is 2.21. The van der Waals surface area contributed by atoms with Crippen molar-refractivity contribution in [2.24, 2.45) is 17.3 Å². The zero-order valence-electron chi connectivity index (χ0n) is 11.1. The Morgan fingerprint density at radius 1 is 1.25 bits per heavy atom. The molecule has 2 aliphatic rings. The van der Waals surface area contributed by atoms with E-state index in [2.05, 4.69) is 27.4 Å². The highest BCUT2D eigenvalue weighted by molar-refractivity contribution is 5.07. The number of hydrogen-bond donors (Lipinski definition) is 1. The van der Waals surface area contributed by atoms with Crippen molar-refractivity contribution in [1.82, 2.24) is 0 Å². The summed E-state index contributed by atoms with van der Waals surface area (Å²) in [5, 5.41) is 10.6. The number of aliphatic hydroxyl groups is 1. The molecule has 0 unspecified atom stereocenters. The molecule has 0 bridgehead atoms. The number of rotatable bonds is 1. The van der Waals surface area contributed by atoms with E-state index in [-0.39, 0.29) is 0 Å². The first-order chi connectivity index (χ1) is 7.35. The molecule has 1 N–H and O–H groups in total. The first kappa shape index (κ1) is 12.2. The fraction of sp³-hybridized carbons (Fsp3) is 0.867. The molecule has 2 saturated carbocycles. The average molecular weight is 222 g/mol. The third-order valence-corrected chi connectivity index (χ3v) is 5.30. The topological polar surface area (TPSA) is 20.2 Å². The number of fused-ring (bicyclic) bond motifs is 1. The minimum atomic E-state index is -0.443. The van der Waals surface area contributed by atoms with Gasteiger partial charge in [0, 0.05) is 0 Å². The van der Waals surface area contributed by atoms with Gasteiger partial charge in [-0.2, -0.15) is 0 Å². The van der Waals surface area contributed by atoms with Crippen molar-refractivity contribution < 1.29 is 5.11 Å². The van der Waals surface area contributed by atoms with Crippen molar-refractivity contribution in [2.75, 3.05) is 0 Å². The van der Waals surface area contributed by atoms with Gasteiger partial charge < -0.3 is 5.11 Å². The fourth-order valence-electron chi connectivity index (χ4n) is 4.14. The Hall–Kier alpha value is -0.300. The van der Waals surface area contributed by atoms with Gasteiger partial charge in [-0.3, -0.25) is 0 Å². The molecule has 16 heavy (non-hydrogen) atoms. The lowest BCUT2D eigenvalue weighted by Crippen LogP contribution is -2.51. The maximum atomic E-state index is 10.6. The third kappa shape index (κ3) is 1.95. The molecular formula is C15H26O. The zero-order valence-corrected chi connectivity index (χ0v) is 11.1. The highest BCUT2D eigenvalue weighted by atomic mass is 16.3. The molecule has 1 nitrogen and oxygen atoms in total. The smallest absolute Gasteiger partial charge is 0.0653 e. The Labute approximate surface area is 99.9 Å². The van der Waals surface area contributed by atoms with E-state index in [9.17, 15) is 5.11 Å². The van der Waals surface area contributed by atoms with Crippen molar-refractivity contribution in [1.29, 1.82) is 0 Å². The van der Waals surface area contributed by atoms with Crippen LogP contribution in [-0.4, -0.2) is 10.7 Å². The van der Waals surface area contributed by atoms with E-state index in [0.717, 1.165) is 12.8 Å². The van der Waals surface area contributed by atoms with Crippen LogP contribution in [0.5, 0.6) is 0 Å². The molecule has 1 heteroatoms. The van der Waals surface area contributed by atoms with E-state index >= 15 is 0 Å². The quantitative estimate of drug-likeness (QED) is 0.667. The molecule has 0 spiro atoms. The third-order valence-electron chi connectivity index (χ3n) is 5.30. The summed E-state index contributed by atoms with van der Waals surface area (Å²) in [6.45, 7) is 10.7. The molecule has 2 fully saturated rings. The van der Waals surface area contributed by atoms with Crippen molar-refractivity contribution >= 4 is 0 Å². The van der Waals surface area contributed by atoms with E-state index in [0.29, 0.717) is 17.3 Å². The van der Waals surface area contributed by atoms with E-state index in [4.69, 9.17) is 0 Å². The summed E-state index contributed by atoms with van der Waals surface area (Å²) in [5.41, 5.74) is 1.25. The molecule has 0 aromatic carbocycles. The van der Waals surface area contributed by atoms with Crippen molar-refractivity contribution in [3.8, 4) is 0 Å². The van der Waals surface area contributed by atoms with Gasteiger partial charge in [-0.15, -0.1) is 0 Å². The van der Waals surface area contributed by atoms with E-state index in [1.54, 1.807) is 0 Å². The van der Waals surface area contributed by atoms with E-state index < -0.39 is 5.60 Å². The molecule has 4 atom stereocenters. The molecular weight excluding hydrogens is 196 g/mol. The fourth-order valence-corrected chi connectivity index (χ4v) is 4.14. The predicted molar refractivity (Wildman–Crippen MR) is 68.2 cm³/mol. The first-order valence-corrected chi connectivity index (χ1v) is 6.73. The highest BCUT2D eigenvalue weighted by Gasteiger charge is 2.50. The van der Waals surface area contributed by atoms with Crippen LogP contribution in [0.2, 0.25) is 0 Å². The van der Waals surface area contributed by atoms with Gasteiger partial charge >= 0.3 is 0 Å². The van der Waals surface area contributed by atoms with Crippen LogP contribution in [0.15, 0.2) is 12.2 Å². The second-order valence-electron chi connectivity index (χ2n) is 6.73. The molecule has 2 aliphatic carbocycles. The SMILES string of the molecule is C=C(C)[C@@H]1CC[C@@]2(C)CCC[C@](C)(O)[C@H]2C1. The molecule has 0 aliphatic heterocycles. The summed E-state index contributed by atoms with van der Waals surface area (Å²) < 4.78 is 0. The first-order valence-electron chi connectivity index (χ1n) is 6.73. The van der Waals surface area contributed by atoms with Gasteiger partial charge in [0.2, 0.25) is 0 Å². The van der Waals surface area contributed by atoms with Crippen molar-refractivity contribution in [3.63, 3.8) is 0 Å². The van der Waals surface area contributed by atoms with Crippen LogP contribution < -0.4 is 0 Å². The maximum Gasteiger partial charge on any atom is 0.0653 e. The standard InChI is InChI=1S/C15H26O/c1-11(2)12-6-9-14(3)7-5-8-15(4,16)13(14)10-12/h12-13,16H,1,5-10H2,2-4H3/t12-,13+,14-,15+/m1/s1. The summed E-state index contributed by atoms with van der Waals surface area (Å²) in [5.74, 6) is 1.12. The average Bonchev–Trinajstić information content (AvgIpc) is 2.15.